The third-order valence-corrected chi connectivity index (χ3v) is 2.69. The van der Waals surface area contributed by atoms with Crippen LogP contribution < -0.4 is 0 Å². The first-order valence-corrected chi connectivity index (χ1v) is 5.32. The molecule has 0 fully saturated rings. The highest BCUT2D eigenvalue weighted by Crippen LogP contribution is 2.27. The van der Waals surface area contributed by atoms with Gasteiger partial charge in [0.05, 0.1) is 0 Å². The van der Waals surface area contributed by atoms with E-state index < -0.39 is 0 Å². The van der Waals surface area contributed by atoms with Crippen LogP contribution in [-0.4, -0.2) is 0 Å². The topological polar surface area (TPSA) is 0 Å². The van der Waals surface area contributed by atoms with Gasteiger partial charge in [-0.1, -0.05) is 71.9 Å². The van der Waals surface area contributed by atoms with E-state index in [1.54, 1.807) is 0 Å². The van der Waals surface area contributed by atoms with Crippen molar-refractivity contribution in [2.45, 2.75) is 19.3 Å². The summed E-state index contributed by atoms with van der Waals surface area (Å²) in [6.45, 7) is 7.99. The molecule has 0 aromatic rings. The van der Waals surface area contributed by atoms with Crippen molar-refractivity contribution in [2.24, 2.45) is 0 Å². The fourth-order valence-electron chi connectivity index (χ4n) is 1.99. The first kappa shape index (κ1) is 9.97. The van der Waals surface area contributed by atoms with Crippen LogP contribution in [0.5, 0.6) is 0 Å². The molecule has 0 nitrogen and oxygen atoms in total. The van der Waals surface area contributed by atoms with E-state index in [1.807, 2.05) is 0 Å². The Hall–Kier alpha value is -1.56. The molecule has 76 valence electrons. The summed E-state index contributed by atoms with van der Waals surface area (Å²) in [4.78, 5) is 0. The summed E-state index contributed by atoms with van der Waals surface area (Å²) in [5.41, 5.74) is 5.32. The normalized spacial score (nSPS) is 20.3. The molecule has 0 aromatic carbocycles. The Labute approximate surface area is 91.7 Å². The monoisotopic (exact) mass is 196 g/mol. The Morgan fingerprint density at radius 1 is 0.867 bits per heavy atom. The second-order valence-corrected chi connectivity index (χ2v) is 4.21. The highest BCUT2D eigenvalue weighted by molar-refractivity contribution is 5.39. The Balaban J connectivity index is 2.03. The van der Waals surface area contributed by atoms with E-state index in [0.717, 1.165) is 19.3 Å². The minimum atomic E-state index is 1.02. The van der Waals surface area contributed by atoms with Crippen molar-refractivity contribution in [1.82, 2.24) is 0 Å². The summed E-state index contributed by atoms with van der Waals surface area (Å²) in [6.07, 6.45) is 15.9. The molecule has 0 radical (unpaired) electrons. The van der Waals surface area contributed by atoms with Gasteiger partial charge in [-0.15, -0.1) is 0 Å². The smallest absolute Gasteiger partial charge is 0.00666 e. The van der Waals surface area contributed by atoms with Crippen LogP contribution in [0.1, 0.15) is 19.3 Å². The molecular weight excluding hydrogens is 180 g/mol. The van der Waals surface area contributed by atoms with Crippen LogP contribution in [-0.2, 0) is 0 Å². The molecule has 0 aromatic heterocycles. The van der Waals surface area contributed by atoms with Gasteiger partial charge in [-0.3, -0.25) is 0 Å². The van der Waals surface area contributed by atoms with Gasteiger partial charge in [-0.25, -0.2) is 0 Å². The molecule has 0 bridgehead atoms. The molecule has 0 saturated carbocycles. The van der Waals surface area contributed by atoms with Gasteiger partial charge in [0, 0.05) is 0 Å². The lowest BCUT2D eigenvalue weighted by atomic mass is 9.90. The third-order valence-electron chi connectivity index (χ3n) is 2.69. The van der Waals surface area contributed by atoms with Crippen molar-refractivity contribution in [1.29, 1.82) is 0 Å². The third kappa shape index (κ3) is 2.69. The van der Waals surface area contributed by atoms with E-state index in [1.165, 1.54) is 22.3 Å². The Bertz CT molecular complexity index is 371. The summed E-state index contributed by atoms with van der Waals surface area (Å²) in [6, 6.07) is 0. The second kappa shape index (κ2) is 4.31. The van der Waals surface area contributed by atoms with Gasteiger partial charge < -0.3 is 0 Å². The lowest BCUT2D eigenvalue weighted by molar-refractivity contribution is 0.963. The van der Waals surface area contributed by atoms with E-state index in [2.05, 4.69) is 49.6 Å². The molecule has 0 amide bonds. The van der Waals surface area contributed by atoms with E-state index in [4.69, 9.17) is 0 Å². The zero-order chi connectivity index (χ0) is 10.7. The first-order valence-electron chi connectivity index (χ1n) is 5.32. The van der Waals surface area contributed by atoms with Crippen molar-refractivity contribution in [3.05, 3.63) is 71.9 Å². The maximum atomic E-state index is 3.99. The van der Waals surface area contributed by atoms with Crippen LogP contribution >= 0.6 is 0 Å². The summed E-state index contributed by atoms with van der Waals surface area (Å²) < 4.78 is 0. The molecule has 2 rings (SSSR count). The van der Waals surface area contributed by atoms with Gasteiger partial charge in [-0.05, 0) is 19.3 Å². The van der Waals surface area contributed by atoms with Gasteiger partial charge in [-0.2, -0.15) is 0 Å². The van der Waals surface area contributed by atoms with Gasteiger partial charge in [0.2, 0.25) is 0 Å². The van der Waals surface area contributed by atoms with Crippen molar-refractivity contribution in [3.8, 4) is 0 Å². The number of rotatable bonds is 2. The van der Waals surface area contributed by atoms with Crippen molar-refractivity contribution in [3.63, 3.8) is 0 Å². The zero-order valence-electron chi connectivity index (χ0n) is 9.00. The van der Waals surface area contributed by atoms with Crippen molar-refractivity contribution in [2.75, 3.05) is 0 Å². The molecule has 0 atom stereocenters. The summed E-state index contributed by atoms with van der Waals surface area (Å²) >= 11 is 0. The first-order chi connectivity index (χ1) is 7.24. The van der Waals surface area contributed by atoms with Crippen LogP contribution in [0, 0.1) is 0 Å². The molecule has 0 unspecified atom stereocenters. The molecule has 0 heteroatoms. The maximum absolute atomic E-state index is 3.99. The highest BCUT2D eigenvalue weighted by atomic mass is 14.1. The van der Waals surface area contributed by atoms with Gasteiger partial charge in [0.25, 0.3) is 0 Å². The molecule has 15 heavy (non-hydrogen) atoms. The molecule has 0 spiro atoms. The molecule has 2 aliphatic carbocycles. The molecule has 0 N–H and O–H groups in total. The predicted octanol–water partition coefficient (Wildman–Crippen LogP) is 4.26. The lowest BCUT2D eigenvalue weighted by Gasteiger charge is -2.15. The Morgan fingerprint density at radius 3 is 1.73 bits per heavy atom. The molecule has 0 saturated heterocycles. The fraction of sp³-hybridized carbons (Fsp3) is 0.200. The lowest BCUT2D eigenvalue weighted by Crippen LogP contribution is -1.95. The van der Waals surface area contributed by atoms with Gasteiger partial charge in [0.15, 0.2) is 0 Å². The van der Waals surface area contributed by atoms with E-state index in [-0.39, 0.29) is 0 Å². The second-order valence-electron chi connectivity index (χ2n) is 4.21. The molecular formula is C15H16. The standard InChI is InChI=1S/C15H16/c1-12-5-3-7-14(9-12)11-15-8-4-6-13(2)10-15/h3-8H,1-2,9-11H2. The minimum absolute atomic E-state index is 1.02. The maximum Gasteiger partial charge on any atom is -0.00666 e. The number of allylic oxidation sites excluding steroid dienone is 10. The average Bonchev–Trinajstić information content (AvgIpc) is 2.17. The fourth-order valence-corrected chi connectivity index (χ4v) is 1.99. The quantitative estimate of drug-likeness (QED) is 0.619. The predicted molar refractivity (Wildman–Crippen MR) is 66.6 cm³/mol. The summed E-state index contributed by atoms with van der Waals surface area (Å²) in [5.74, 6) is 0. The summed E-state index contributed by atoms with van der Waals surface area (Å²) in [7, 11) is 0. The number of hydrogen-bond acceptors (Lipinski definition) is 0. The Kier molecular flexibility index (Phi) is 2.86. The molecule has 2 aliphatic rings. The van der Waals surface area contributed by atoms with Crippen LogP contribution in [0.25, 0.3) is 0 Å². The van der Waals surface area contributed by atoms with Gasteiger partial charge >= 0.3 is 0 Å². The van der Waals surface area contributed by atoms with Crippen LogP contribution in [0.2, 0.25) is 0 Å². The highest BCUT2D eigenvalue weighted by Gasteiger charge is 2.07. The zero-order valence-corrected chi connectivity index (χ0v) is 9.00. The minimum Gasteiger partial charge on any atom is -0.0955 e. The van der Waals surface area contributed by atoms with E-state index >= 15 is 0 Å². The SMILES string of the molecule is C=C1C=CC=C(CC2=CC=CC(=C)C2)C1. The van der Waals surface area contributed by atoms with Crippen molar-refractivity contribution < 1.29 is 0 Å². The van der Waals surface area contributed by atoms with Gasteiger partial charge in [0.1, 0.15) is 0 Å². The van der Waals surface area contributed by atoms with Crippen LogP contribution in [0.3, 0.4) is 0 Å². The van der Waals surface area contributed by atoms with Crippen LogP contribution in [0.4, 0.5) is 0 Å². The summed E-state index contributed by atoms with van der Waals surface area (Å²) in [5, 5.41) is 0. The largest absolute Gasteiger partial charge is 0.0955 e. The van der Waals surface area contributed by atoms with E-state index in [0.29, 0.717) is 0 Å². The Morgan fingerprint density at radius 2 is 1.33 bits per heavy atom. The van der Waals surface area contributed by atoms with Crippen LogP contribution in [0.15, 0.2) is 71.9 Å². The van der Waals surface area contributed by atoms with E-state index in [9.17, 15) is 0 Å². The number of hydrogen-bond donors (Lipinski definition) is 0. The molecule has 0 aliphatic heterocycles. The average molecular weight is 196 g/mol. The van der Waals surface area contributed by atoms with Crippen molar-refractivity contribution >= 4 is 0 Å². The molecule has 0 heterocycles.